The standard InChI is InChI=1S/C45H27N3O2/c1-2-10-28(11-3-1)29-20-22-30(23-21-29)31-12-8-13-32(26-31)43-46-44(33-24-25-41-38(27-33)35-15-5-6-18-39(35)49-41)48-45(47-43)37-17-9-16-36-34-14-4-7-19-40(34)50-42(36)37/h1-27H. The van der Waals surface area contributed by atoms with E-state index in [1.54, 1.807) is 0 Å². The quantitative estimate of drug-likeness (QED) is 0.187. The number of para-hydroxylation sites is 3. The molecule has 5 heteroatoms. The number of furan rings is 2. The predicted molar refractivity (Wildman–Crippen MR) is 202 cm³/mol. The summed E-state index contributed by atoms with van der Waals surface area (Å²) in [5.74, 6) is 1.70. The van der Waals surface area contributed by atoms with Gasteiger partial charge in [-0.1, -0.05) is 121 Å². The Morgan fingerprint density at radius 1 is 0.300 bits per heavy atom. The van der Waals surface area contributed by atoms with Crippen LogP contribution in [0, 0.1) is 0 Å². The second-order valence-electron chi connectivity index (χ2n) is 12.4. The lowest BCUT2D eigenvalue weighted by atomic mass is 9.99. The largest absolute Gasteiger partial charge is 0.456 e. The number of benzene rings is 7. The molecule has 3 heterocycles. The average molecular weight is 642 g/mol. The lowest BCUT2D eigenvalue weighted by Crippen LogP contribution is -2.00. The zero-order valence-corrected chi connectivity index (χ0v) is 26.7. The molecule has 0 N–H and O–H groups in total. The minimum absolute atomic E-state index is 0.546. The molecule has 0 saturated heterocycles. The minimum Gasteiger partial charge on any atom is -0.456 e. The molecule has 10 rings (SSSR count). The van der Waals surface area contributed by atoms with Crippen LogP contribution in [0.3, 0.4) is 0 Å². The second kappa shape index (κ2) is 11.4. The van der Waals surface area contributed by atoms with Crippen LogP contribution in [0.4, 0.5) is 0 Å². The third kappa shape index (κ3) is 4.75. The number of hydrogen-bond acceptors (Lipinski definition) is 5. The van der Waals surface area contributed by atoms with Crippen molar-refractivity contribution < 1.29 is 8.83 Å². The molecule has 10 aromatic rings. The zero-order chi connectivity index (χ0) is 33.0. The molecule has 234 valence electrons. The highest BCUT2D eigenvalue weighted by Gasteiger charge is 2.19. The van der Waals surface area contributed by atoms with Gasteiger partial charge < -0.3 is 8.83 Å². The van der Waals surface area contributed by atoms with E-state index in [-0.39, 0.29) is 0 Å². The molecule has 0 aliphatic heterocycles. The van der Waals surface area contributed by atoms with Gasteiger partial charge in [-0.3, -0.25) is 0 Å². The molecule has 0 spiro atoms. The van der Waals surface area contributed by atoms with E-state index in [1.165, 1.54) is 11.1 Å². The molecule has 0 amide bonds. The molecule has 0 aliphatic rings. The van der Waals surface area contributed by atoms with E-state index < -0.39 is 0 Å². The van der Waals surface area contributed by atoms with Crippen molar-refractivity contribution in [3.63, 3.8) is 0 Å². The van der Waals surface area contributed by atoms with Gasteiger partial charge in [-0.15, -0.1) is 0 Å². The van der Waals surface area contributed by atoms with Crippen molar-refractivity contribution in [1.82, 2.24) is 15.0 Å². The Morgan fingerprint density at radius 2 is 0.800 bits per heavy atom. The van der Waals surface area contributed by atoms with Crippen LogP contribution in [0.1, 0.15) is 0 Å². The third-order valence-electron chi connectivity index (χ3n) is 9.36. The van der Waals surface area contributed by atoms with Gasteiger partial charge in [-0.2, -0.15) is 0 Å². The maximum Gasteiger partial charge on any atom is 0.167 e. The SMILES string of the molecule is c1ccc(-c2ccc(-c3cccc(-c4nc(-c5ccc6oc7ccccc7c6c5)nc(-c5cccc6c5oc5ccccc56)n4)c3)cc2)cc1. The Hall–Kier alpha value is -6.85. The summed E-state index contributed by atoms with van der Waals surface area (Å²) >= 11 is 0. The fraction of sp³-hybridized carbons (Fsp3) is 0. The Balaban J connectivity index is 1.14. The molecule has 0 unspecified atom stereocenters. The molecule has 3 aromatic heterocycles. The summed E-state index contributed by atoms with van der Waals surface area (Å²) < 4.78 is 12.6. The van der Waals surface area contributed by atoms with Crippen LogP contribution >= 0.6 is 0 Å². The number of nitrogens with zero attached hydrogens (tertiary/aromatic N) is 3. The Bertz CT molecular complexity index is 2870. The first-order chi connectivity index (χ1) is 24.7. The topological polar surface area (TPSA) is 65.0 Å². The van der Waals surface area contributed by atoms with Gasteiger partial charge in [0.05, 0.1) is 5.56 Å². The summed E-state index contributed by atoms with van der Waals surface area (Å²) in [6.45, 7) is 0. The van der Waals surface area contributed by atoms with Crippen molar-refractivity contribution in [3.8, 4) is 56.4 Å². The molecule has 0 aliphatic carbocycles. The van der Waals surface area contributed by atoms with E-state index >= 15 is 0 Å². The van der Waals surface area contributed by atoms with Gasteiger partial charge in [-0.25, -0.2) is 15.0 Å². The van der Waals surface area contributed by atoms with Crippen molar-refractivity contribution in [2.24, 2.45) is 0 Å². The van der Waals surface area contributed by atoms with E-state index in [0.717, 1.165) is 71.7 Å². The van der Waals surface area contributed by atoms with Crippen LogP contribution in [-0.4, -0.2) is 15.0 Å². The van der Waals surface area contributed by atoms with E-state index in [1.807, 2.05) is 66.7 Å². The van der Waals surface area contributed by atoms with Gasteiger partial charge in [0.25, 0.3) is 0 Å². The van der Waals surface area contributed by atoms with Crippen LogP contribution in [0.5, 0.6) is 0 Å². The molecule has 0 bridgehead atoms. The van der Waals surface area contributed by atoms with Crippen molar-refractivity contribution >= 4 is 43.9 Å². The van der Waals surface area contributed by atoms with Gasteiger partial charge in [0.15, 0.2) is 17.5 Å². The van der Waals surface area contributed by atoms with Crippen LogP contribution in [0.25, 0.3) is 100 Å². The Morgan fingerprint density at radius 3 is 1.58 bits per heavy atom. The molecular weight excluding hydrogens is 615 g/mol. The highest BCUT2D eigenvalue weighted by molar-refractivity contribution is 6.09. The fourth-order valence-corrected chi connectivity index (χ4v) is 6.87. The maximum atomic E-state index is 6.43. The van der Waals surface area contributed by atoms with Crippen molar-refractivity contribution in [3.05, 3.63) is 164 Å². The lowest BCUT2D eigenvalue weighted by molar-refractivity contribution is 0.669. The summed E-state index contributed by atoms with van der Waals surface area (Å²) in [4.78, 5) is 15.3. The van der Waals surface area contributed by atoms with Crippen LogP contribution < -0.4 is 0 Å². The predicted octanol–water partition coefficient (Wildman–Crippen LogP) is 12.0. The van der Waals surface area contributed by atoms with Gasteiger partial charge in [0.2, 0.25) is 0 Å². The molecule has 0 atom stereocenters. The summed E-state index contributed by atoms with van der Waals surface area (Å²) in [6, 6.07) is 55.9. The van der Waals surface area contributed by atoms with E-state index in [9.17, 15) is 0 Å². The summed E-state index contributed by atoms with van der Waals surface area (Å²) in [5, 5.41) is 4.15. The highest BCUT2D eigenvalue weighted by atomic mass is 16.3. The Kier molecular flexibility index (Phi) is 6.42. The van der Waals surface area contributed by atoms with E-state index in [2.05, 4.69) is 97.1 Å². The summed E-state index contributed by atoms with van der Waals surface area (Å²) in [6.07, 6.45) is 0. The molecular formula is C45H27N3O2. The number of aromatic nitrogens is 3. The van der Waals surface area contributed by atoms with Gasteiger partial charge in [-0.05, 0) is 64.7 Å². The molecule has 5 nitrogen and oxygen atoms in total. The summed E-state index contributed by atoms with van der Waals surface area (Å²) in [7, 11) is 0. The van der Waals surface area contributed by atoms with Gasteiger partial charge in [0.1, 0.15) is 22.3 Å². The minimum atomic E-state index is 0.546. The average Bonchev–Trinajstić information content (AvgIpc) is 3.76. The third-order valence-corrected chi connectivity index (χ3v) is 9.36. The van der Waals surface area contributed by atoms with Crippen molar-refractivity contribution in [1.29, 1.82) is 0 Å². The zero-order valence-electron chi connectivity index (χ0n) is 26.7. The normalized spacial score (nSPS) is 11.6. The molecule has 7 aromatic carbocycles. The maximum absolute atomic E-state index is 6.43. The van der Waals surface area contributed by atoms with Gasteiger partial charge in [0, 0.05) is 32.7 Å². The smallest absolute Gasteiger partial charge is 0.167 e. The fourth-order valence-electron chi connectivity index (χ4n) is 6.87. The first-order valence-electron chi connectivity index (χ1n) is 16.6. The first-order valence-corrected chi connectivity index (χ1v) is 16.6. The number of hydrogen-bond donors (Lipinski definition) is 0. The van der Waals surface area contributed by atoms with Crippen molar-refractivity contribution in [2.75, 3.05) is 0 Å². The second-order valence-corrected chi connectivity index (χ2v) is 12.4. The molecule has 50 heavy (non-hydrogen) atoms. The molecule has 0 radical (unpaired) electrons. The van der Waals surface area contributed by atoms with Crippen LogP contribution in [-0.2, 0) is 0 Å². The van der Waals surface area contributed by atoms with E-state index in [0.29, 0.717) is 17.5 Å². The Labute approximate surface area is 287 Å². The highest BCUT2D eigenvalue weighted by Crippen LogP contribution is 2.37. The molecule has 0 fully saturated rings. The monoisotopic (exact) mass is 641 g/mol. The first kappa shape index (κ1) is 28.2. The van der Waals surface area contributed by atoms with Crippen LogP contribution in [0.15, 0.2) is 173 Å². The van der Waals surface area contributed by atoms with E-state index in [4.69, 9.17) is 23.8 Å². The summed E-state index contributed by atoms with van der Waals surface area (Å²) in [5.41, 5.74) is 10.4. The van der Waals surface area contributed by atoms with Gasteiger partial charge >= 0.3 is 0 Å². The lowest BCUT2D eigenvalue weighted by Gasteiger charge is -2.10. The molecule has 0 saturated carbocycles. The number of rotatable bonds is 5. The van der Waals surface area contributed by atoms with Crippen molar-refractivity contribution in [2.45, 2.75) is 0 Å². The van der Waals surface area contributed by atoms with Crippen LogP contribution in [0.2, 0.25) is 0 Å². The number of fused-ring (bicyclic) bond motifs is 6.